The Morgan fingerprint density at radius 1 is 0.979 bits per heavy atom. The van der Waals surface area contributed by atoms with Crippen molar-refractivity contribution in [2.45, 2.75) is 80.6 Å². The summed E-state index contributed by atoms with van der Waals surface area (Å²) in [5.74, 6) is -3.23. The summed E-state index contributed by atoms with van der Waals surface area (Å²) in [5, 5.41) is 37.4. The molecule has 1 aromatic carbocycles. The molecule has 0 radical (unpaired) electrons. The SMILES string of the molecule is CCN1C[C@]2(COC)[C@H](O)C[C@H](OC)[C@@]34[C@@H]5C[C@@]6(O)[C@H](OC(=O)c7ccc(OC)cc7)[C@@H]5[C@](OC(C)=O)([C@@H]([C@@H](OC)[C@H]23)[C@@H]14)[C@@H](O)[C@@H]6OC. The summed E-state index contributed by atoms with van der Waals surface area (Å²) in [6.07, 6.45) is -5.64. The fraction of sp³-hybridized carbons (Fsp3) is 0.771. The summed E-state index contributed by atoms with van der Waals surface area (Å²) in [5.41, 5.74) is -4.94. The van der Waals surface area contributed by atoms with Crippen LogP contribution in [0.1, 0.15) is 37.0 Å². The number of ether oxygens (including phenoxy) is 7. The van der Waals surface area contributed by atoms with Crippen LogP contribution < -0.4 is 4.74 Å². The first-order valence-corrected chi connectivity index (χ1v) is 16.9. The number of nitrogens with zero attached hydrogens (tertiary/aromatic N) is 1. The molecule has 6 aliphatic rings. The molecule has 6 fully saturated rings. The van der Waals surface area contributed by atoms with Gasteiger partial charge in [-0.25, -0.2) is 4.79 Å². The molecule has 1 saturated heterocycles. The van der Waals surface area contributed by atoms with Gasteiger partial charge in [0, 0.05) is 83.0 Å². The minimum Gasteiger partial charge on any atom is -0.497 e. The Bertz CT molecular complexity index is 1430. The Hall–Kier alpha value is -2.36. The van der Waals surface area contributed by atoms with E-state index in [0.717, 1.165) is 0 Å². The minimum atomic E-state index is -1.86. The van der Waals surface area contributed by atoms with E-state index in [0.29, 0.717) is 25.3 Å². The number of esters is 2. The molecule has 0 unspecified atom stereocenters. The van der Waals surface area contributed by atoms with Crippen LogP contribution in [0.4, 0.5) is 0 Å². The van der Waals surface area contributed by atoms with Crippen molar-refractivity contribution in [2.24, 2.45) is 34.5 Å². The normalized spacial score (nSPS) is 48.2. The summed E-state index contributed by atoms with van der Waals surface area (Å²) >= 11 is 0. The van der Waals surface area contributed by atoms with Crippen LogP contribution in [0.2, 0.25) is 0 Å². The Morgan fingerprint density at radius 2 is 1.69 bits per heavy atom. The minimum absolute atomic E-state index is 0.0591. The zero-order valence-corrected chi connectivity index (χ0v) is 28.7. The van der Waals surface area contributed by atoms with Crippen molar-refractivity contribution in [3.63, 3.8) is 0 Å². The number of piperidine rings is 1. The molecule has 7 rings (SSSR count). The van der Waals surface area contributed by atoms with E-state index in [4.69, 9.17) is 33.2 Å². The first-order chi connectivity index (χ1) is 22.9. The molecule has 1 heterocycles. The van der Waals surface area contributed by atoms with E-state index in [2.05, 4.69) is 4.90 Å². The van der Waals surface area contributed by atoms with Crippen molar-refractivity contribution in [2.75, 3.05) is 55.2 Å². The number of rotatable bonds is 10. The van der Waals surface area contributed by atoms with Gasteiger partial charge in [0.1, 0.15) is 29.7 Å². The molecule has 7 bridgehead atoms. The lowest BCUT2D eigenvalue weighted by Crippen LogP contribution is -2.81. The number of methoxy groups -OCH3 is 5. The average molecular weight is 676 g/mol. The molecule has 0 amide bonds. The van der Waals surface area contributed by atoms with Crippen LogP contribution in [-0.2, 0) is 33.2 Å². The number of aliphatic hydroxyl groups excluding tert-OH is 2. The molecule has 1 aliphatic heterocycles. The van der Waals surface area contributed by atoms with Gasteiger partial charge in [-0.05, 0) is 43.1 Å². The second-order valence-corrected chi connectivity index (χ2v) is 14.8. The highest BCUT2D eigenvalue weighted by Gasteiger charge is 2.92. The van der Waals surface area contributed by atoms with E-state index in [1.165, 1.54) is 21.1 Å². The first-order valence-electron chi connectivity index (χ1n) is 16.9. The highest BCUT2D eigenvalue weighted by molar-refractivity contribution is 5.89. The number of aliphatic hydroxyl groups is 3. The van der Waals surface area contributed by atoms with Crippen LogP contribution in [0.3, 0.4) is 0 Å². The highest BCUT2D eigenvalue weighted by atomic mass is 16.6. The standard InChI is InChI=1S/C35H49NO12/c1-8-36-15-32(16-42-3)21(38)13-22(44-5)34-20-14-33(41)29(47-31(40)18-9-11-19(43-4)12-10-18)23(20)35(48-17(2)37,28(39)30(33)46-7)24(27(34)36)25(45-6)26(32)34/h9-12,20-30,38-39,41H,8,13-16H2,1-7H3/t20-,21-,22+,23-,24+,25-,26-,27-,28+,29-,30+,32+,33-,34+,35+/m1/s1. The van der Waals surface area contributed by atoms with Crippen molar-refractivity contribution >= 4 is 11.9 Å². The van der Waals surface area contributed by atoms with E-state index in [-0.39, 0.29) is 24.6 Å². The zero-order valence-electron chi connectivity index (χ0n) is 28.7. The maximum absolute atomic E-state index is 13.9. The largest absolute Gasteiger partial charge is 0.497 e. The number of carbonyl (C=O) groups is 2. The van der Waals surface area contributed by atoms with Crippen molar-refractivity contribution in [3.05, 3.63) is 29.8 Å². The molecular weight excluding hydrogens is 626 g/mol. The lowest BCUT2D eigenvalue weighted by molar-refractivity contribution is -0.322. The molecule has 266 valence electrons. The van der Waals surface area contributed by atoms with Gasteiger partial charge in [-0.1, -0.05) is 6.92 Å². The summed E-state index contributed by atoms with van der Waals surface area (Å²) in [7, 11) is 7.77. The summed E-state index contributed by atoms with van der Waals surface area (Å²) in [4.78, 5) is 29.5. The zero-order chi connectivity index (χ0) is 34.6. The quantitative estimate of drug-likeness (QED) is 0.297. The van der Waals surface area contributed by atoms with Crippen LogP contribution in [-0.4, -0.2) is 141 Å². The molecule has 13 nitrogen and oxygen atoms in total. The fourth-order valence-corrected chi connectivity index (χ4v) is 12.5. The number of carbonyl (C=O) groups excluding carboxylic acids is 2. The van der Waals surface area contributed by atoms with Gasteiger partial charge in [-0.3, -0.25) is 9.69 Å². The molecule has 3 N–H and O–H groups in total. The lowest BCUT2D eigenvalue weighted by atomic mass is 9.42. The number of likely N-dealkylation sites (tertiary alicyclic amines) is 1. The number of fused-ring (bicyclic) bond motifs is 2. The second kappa shape index (κ2) is 11.6. The van der Waals surface area contributed by atoms with E-state index in [1.807, 2.05) is 6.92 Å². The monoisotopic (exact) mass is 675 g/mol. The molecule has 0 aromatic heterocycles. The van der Waals surface area contributed by atoms with Gasteiger partial charge in [-0.15, -0.1) is 0 Å². The topological polar surface area (TPSA) is 163 Å². The van der Waals surface area contributed by atoms with Crippen LogP contribution >= 0.6 is 0 Å². The van der Waals surface area contributed by atoms with Gasteiger partial charge in [-0.2, -0.15) is 0 Å². The van der Waals surface area contributed by atoms with Crippen LogP contribution in [0.5, 0.6) is 5.75 Å². The van der Waals surface area contributed by atoms with Gasteiger partial charge in [0.2, 0.25) is 0 Å². The molecule has 5 aliphatic carbocycles. The Morgan fingerprint density at radius 3 is 2.25 bits per heavy atom. The predicted molar refractivity (Wildman–Crippen MR) is 167 cm³/mol. The van der Waals surface area contributed by atoms with Crippen molar-refractivity contribution in [1.82, 2.24) is 4.90 Å². The van der Waals surface area contributed by atoms with Crippen molar-refractivity contribution in [3.8, 4) is 5.75 Å². The van der Waals surface area contributed by atoms with Crippen LogP contribution in [0.25, 0.3) is 0 Å². The molecule has 15 atom stereocenters. The van der Waals surface area contributed by atoms with Gasteiger partial charge in [0.25, 0.3) is 0 Å². The van der Waals surface area contributed by atoms with Gasteiger partial charge >= 0.3 is 11.9 Å². The molecule has 13 heteroatoms. The maximum atomic E-state index is 13.9. The highest BCUT2D eigenvalue weighted by Crippen LogP contribution is 2.80. The molecule has 5 saturated carbocycles. The van der Waals surface area contributed by atoms with Gasteiger partial charge in [0.05, 0.1) is 37.6 Å². The number of hydrogen-bond acceptors (Lipinski definition) is 13. The Kier molecular flexibility index (Phi) is 8.24. The summed E-state index contributed by atoms with van der Waals surface area (Å²) in [6.45, 7) is 4.64. The molecule has 1 aromatic rings. The molecular formula is C35H49NO12. The van der Waals surface area contributed by atoms with E-state index < -0.39 is 94.3 Å². The molecule has 48 heavy (non-hydrogen) atoms. The smallest absolute Gasteiger partial charge is 0.338 e. The second-order valence-electron chi connectivity index (χ2n) is 14.8. The third-order valence-electron chi connectivity index (χ3n) is 13.5. The number of hydrogen-bond donors (Lipinski definition) is 3. The average Bonchev–Trinajstić information content (AvgIpc) is 3.44. The third kappa shape index (κ3) is 3.90. The maximum Gasteiger partial charge on any atom is 0.338 e. The summed E-state index contributed by atoms with van der Waals surface area (Å²) in [6, 6.07) is 6.10. The van der Waals surface area contributed by atoms with Crippen LogP contribution in [0, 0.1) is 34.5 Å². The van der Waals surface area contributed by atoms with E-state index in [1.54, 1.807) is 45.6 Å². The van der Waals surface area contributed by atoms with E-state index >= 15 is 0 Å². The Labute approximate surface area is 280 Å². The van der Waals surface area contributed by atoms with Crippen molar-refractivity contribution < 1.29 is 58.1 Å². The van der Waals surface area contributed by atoms with Crippen molar-refractivity contribution in [1.29, 1.82) is 0 Å². The van der Waals surface area contributed by atoms with Crippen LogP contribution in [0.15, 0.2) is 24.3 Å². The predicted octanol–water partition coefficient (Wildman–Crippen LogP) is 0.657. The Balaban J connectivity index is 1.50. The first kappa shape index (κ1) is 34.1. The van der Waals surface area contributed by atoms with E-state index in [9.17, 15) is 24.9 Å². The van der Waals surface area contributed by atoms with Gasteiger partial charge < -0.3 is 48.5 Å². The van der Waals surface area contributed by atoms with Gasteiger partial charge in [0.15, 0.2) is 5.60 Å². The fourth-order valence-electron chi connectivity index (χ4n) is 12.5. The molecule has 1 spiro atoms. The third-order valence-corrected chi connectivity index (χ3v) is 13.5. The lowest BCUT2D eigenvalue weighted by Gasteiger charge is -2.70. The summed E-state index contributed by atoms with van der Waals surface area (Å²) < 4.78 is 42.7. The number of benzene rings is 1.